The van der Waals surface area contributed by atoms with E-state index in [1.165, 1.54) is 36.9 Å². The van der Waals surface area contributed by atoms with Crippen LogP contribution >= 0.6 is 0 Å². The second kappa shape index (κ2) is 7.82. The van der Waals surface area contributed by atoms with Crippen molar-refractivity contribution in [3.63, 3.8) is 0 Å². The van der Waals surface area contributed by atoms with E-state index in [1.54, 1.807) is 0 Å². The summed E-state index contributed by atoms with van der Waals surface area (Å²) in [5, 5.41) is 3.18. The lowest BCUT2D eigenvalue weighted by Crippen LogP contribution is -2.44. The molecule has 0 aromatic heterocycles. The maximum Gasteiger partial charge on any atom is 0.189 e. The average molecular weight is 316 g/mol. The molecule has 1 aromatic rings. The topological polar surface area (TPSA) is 53.6 Å². The Labute approximate surface area is 141 Å². The van der Waals surface area contributed by atoms with Crippen LogP contribution in [0.2, 0.25) is 0 Å². The second-order valence-electron chi connectivity index (χ2n) is 7.71. The number of nitrogens with zero attached hydrogens (tertiary/aromatic N) is 2. The molecule has 0 bridgehead atoms. The smallest absolute Gasteiger partial charge is 0.189 e. The summed E-state index contributed by atoms with van der Waals surface area (Å²) in [7, 11) is 0. The first-order valence-corrected chi connectivity index (χ1v) is 8.73. The van der Waals surface area contributed by atoms with E-state index in [2.05, 4.69) is 67.2 Å². The number of likely N-dealkylation sites (tertiary alicyclic amines) is 1. The Bertz CT molecular complexity index is 513. The first-order valence-electron chi connectivity index (χ1n) is 8.73. The number of hydrogen-bond acceptors (Lipinski definition) is 2. The molecule has 1 unspecified atom stereocenters. The Hall–Kier alpha value is -1.55. The molecule has 1 aliphatic rings. The lowest BCUT2D eigenvalue weighted by atomic mass is 10.0. The van der Waals surface area contributed by atoms with E-state index < -0.39 is 0 Å². The highest BCUT2D eigenvalue weighted by Crippen LogP contribution is 2.19. The van der Waals surface area contributed by atoms with Gasteiger partial charge >= 0.3 is 0 Å². The highest BCUT2D eigenvalue weighted by Gasteiger charge is 2.17. The van der Waals surface area contributed by atoms with Crippen LogP contribution in [0.1, 0.15) is 58.1 Å². The van der Waals surface area contributed by atoms with Crippen LogP contribution in [0.25, 0.3) is 0 Å². The molecular weight excluding hydrogens is 284 g/mol. The molecule has 1 fully saturated rings. The second-order valence-corrected chi connectivity index (χ2v) is 7.71. The van der Waals surface area contributed by atoms with Gasteiger partial charge in [-0.15, -0.1) is 0 Å². The van der Waals surface area contributed by atoms with Crippen molar-refractivity contribution in [1.82, 2.24) is 10.2 Å². The third-order valence-corrected chi connectivity index (χ3v) is 4.28. The lowest BCUT2D eigenvalue weighted by Gasteiger charge is -2.33. The van der Waals surface area contributed by atoms with Crippen LogP contribution in [-0.4, -0.2) is 29.0 Å². The molecular formula is C19H32N4. The first-order chi connectivity index (χ1) is 10.8. The standard InChI is InChI=1S/C19H32N4/c1-15-7-5-6-12-23(15)14-17-10-8-16(9-11-17)13-21-18(20)22-19(2,3)4/h8-11,15H,5-7,12-14H2,1-4H3,(H3,20,21,22). The zero-order chi connectivity index (χ0) is 16.9. The predicted octanol–water partition coefficient (Wildman–Crippen LogP) is 3.26. The van der Waals surface area contributed by atoms with Crippen LogP contribution in [0.5, 0.6) is 0 Å². The number of nitrogens with two attached hydrogens (primary N) is 1. The number of hydrogen-bond donors (Lipinski definition) is 2. The van der Waals surface area contributed by atoms with Crippen molar-refractivity contribution in [1.29, 1.82) is 0 Å². The summed E-state index contributed by atoms with van der Waals surface area (Å²) in [4.78, 5) is 7.00. The Balaban J connectivity index is 1.88. The zero-order valence-corrected chi connectivity index (χ0v) is 15.1. The van der Waals surface area contributed by atoms with Crippen LogP contribution < -0.4 is 11.1 Å². The average Bonchev–Trinajstić information content (AvgIpc) is 2.47. The van der Waals surface area contributed by atoms with Crippen molar-refractivity contribution in [3.8, 4) is 0 Å². The summed E-state index contributed by atoms with van der Waals surface area (Å²) < 4.78 is 0. The van der Waals surface area contributed by atoms with Crippen LogP contribution in [0.4, 0.5) is 0 Å². The maximum atomic E-state index is 5.91. The van der Waals surface area contributed by atoms with E-state index in [0.29, 0.717) is 18.5 Å². The minimum Gasteiger partial charge on any atom is -0.370 e. The van der Waals surface area contributed by atoms with Crippen molar-refractivity contribution in [2.75, 3.05) is 6.54 Å². The molecule has 2 rings (SSSR count). The van der Waals surface area contributed by atoms with Gasteiger partial charge in [-0.2, -0.15) is 0 Å². The number of aliphatic imine (C=N–C) groups is 1. The molecule has 4 heteroatoms. The third-order valence-electron chi connectivity index (χ3n) is 4.28. The number of benzene rings is 1. The summed E-state index contributed by atoms with van der Waals surface area (Å²) in [6.45, 7) is 11.5. The van der Waals surface area contributed by atoms with Gasteiger partial charge < -0.3 is 11.1 Å². The summed E-state index contributed by atoms with van der Waals surface area (Å²) in [6, 6.07) is 9.48. The molecule has 0 radical (unpaired) electrons. The molecule has 3 N–H and O–H groups in total. The van der Waals surface area contributed by atoms with Crippen LogP contribution in [0.3, 0.4) is 0 Å². The first kappa shape index (κ1) is 17.8. The van der Waals surface area contributed by atoms with E-state index in [9.17, 15) is 0 Å². The largest absolute Gasteiger partial charge is 0.370 e. The normalized spacial score (nSPS) is 20.5. The summed E-state index contributed by atoms with van der Waals surface area (Å²) >= 11 is 0. The third kappa shape index (κ3) is 6.22. The molecule has 1 aliphatic heterocycles. The van der Waals surface area contributed by atoms with Crippen molar-refractivity contribution in [2.45, 2.75) is 71.6 Å². The highest BCUT2D eigenvalue weighted by molar-refractivity contribution is 5.78. The van der Waals surface area contributed by atoms with Gasteiger partial charge in [-0.1, -0.05) is 30.7 Å². The van der Waals surface area contributed by atoms with Gasteiger partial charge in [0.2, 0.25) is 0 Å². The number of guanidine groups is 1. The van der Waals surface area contributed by atoms with E-state index >= 15 is 0 Å². The number of rotatable bonds is 4. The van der Waals surface area contributed by atoms with Crippen LogP contribution in [0.15, 0.2) is 29.3 Å². The number of nitrogens with one attached hydrogen (secondary N) is 1. The fraction of sp³-hybridized carbons (Fsp3) is 0.632. The molecule has 1 atom stereocenters. The Morgan fingerprint density at radius 2 is 1.87 bits per heavy atom. The van der Waals surface area contributed by atoms with Gasteiger partial charge in [0.1, 0.15) is 0 Å². The number of piperidine rings is 1. The lowest BCUT2D eigenvalue weighted by molar-refractivity contribution is 0.152. The maximum absolute atomic E-state index is 5.91. The SMILES string of the molecule is CC1CCCCN1Cc1ccc(CN=C(N)NC(C)(C)C)cc1. The van der Waals surface area contributed by atoms with E-state index in [4.69, 9.17) is 5.73 Å². The van der Waals surface area contributed by atoms with Crippen molar-refractivity contribution >= 4 is 5.96 Å². The van der Waals surface area contributed by atoms with Crippen LogP contribution in [0, 0.1) is 0 Å². The van der Waals surface area contributed by atoms with Crippen molar-refractivity contribution in [3.05, 3.63) is 35.4 Å². The van der Waals surface area contributed by atoms with Gasteiger partial charge in [-0.05, 0) is 58.2 Å². The summed E-state index contributed by atoms with van der Waals surface area (Å²) in [5.41, 5.74) is 8.43. The minimum atomic E-state index is -0.0530. The summed E-state index contributed by atoms with van der Waals surface area (Å²) in [6.07, 6.45) is 4.03. The van der Waals surface area contributed by atoms with Gasteiger partial charge in [-0.25, -0.2) is 4.99 Å². The molecule has 1 heterocycles. The fourth-order valence-electron chi connectivity index (χ4n) is 2.98. The van der Waals surface area contributed by atoms with Gasteiger partial charge in [-0.3, -0.25) is 4.90 Å². The molecule has 1 aromatic carbocycles. The molecule has 0 aliphatic carbocycles. The quantitative estimate of drug-likeness (QED) is 0.662. The Morgan fingerprint density at radius 3 is 2.48 bits per heavy atom. The monoisotopic (exact) mass is 316 g/mol. The molecule has 4 nitrogen and oxygen atoms in total. The molecule has 0 saturated carbocycles. The highest BCUT2D eigenvalue weighted by atomic mass is 15.2. The van der Waals surface area contributed by atoms with Crippen molar-refractivity contribution in [2.24, 2.45) is 10.7 Å². The van der Waals surface area contributed by atoms with Crippen molar-refractivity contribution < 1.29 is 0 Å². The Kier molecular flexibility index (Phi) is 6.05. The fourth-order valence-corrected chi connectivity index (χ4v) is 2.98. The van der Waals surface area contributed by atoms with Crippen LogP contribution in [-0.2, 0) is 13.1 Å². The van der Waals surface area contributed by atoms with Gasteiger partial charge in [0, 0.05) is 18.1 Å². The molecule has 128 valence electrons. The predicted molar refractivity (Wildman–Crippen MR) is 98.4 cm³/mol. The van der Waals surface area contributed by atoms with Gasteiger partial charge in [0.25, 0.3) is 0 Å². The molecule has 23 heavy (non-hydrogen) atoms. The molecule has 1 saturated heterocycles. The summed E-state index contributed by atoms with van der Waals surface area (Å²) in [5.74, 6) is 0.503. The Morgan fingerprint density at radius 1 is 1.22 bits per heavy atom. The molecule has 0 amide bonds. The zero-order valence-electron chi connectivity index (χ0n) is 15.1. The van der Waals surface area contributed by atoms with E-state index in [1.807, 2.05) is 0 Å². The van der Waals surface area contributed by atoms with Gasteiger partial charge in [0.15, 0.2) is 5.96 Å². The van der Waals surface area contributed by atoms with Gasteiger partial charge in [0.05, 0.1) is 6.54 Å². The minimum absolute atomic E-state index is 0.0530. The molecule has 0 spiro atoms. The van der Waals surface area contributed by atoms with E-state index in [0.717, 1.165) is 6.54 Å². The van der Waals surface area contributed by atoms with E-state index in [-0.39, 0.29) is 5.54 Å².